The zero-order valence-electron chi connectivity index (χ0n) is 12.1. The molecule has 0 aliphatic carbocycles. The van der Waals surface area contributed by atoms with E-state index >= 15 is 0 Å². The number of carbonyl (C=O) groups is 2. The number of carbonyl (C=O) groups excluding carboxylic acids is 2. The maximum absolute atomic E-state index is 12.0. The lowest BCUT2D eigenvalue weighted by Gasteiger charge is -2.10. The fraction of sp³-hybridized carbons (Fsp3) is 0.286. The van der Waals surface area contributed by atoms with Gasteiger partial charge in [-0.3, -0.25) is 4.79 Å². The van der Waals surface area contributed by atoms with Crippen molar-refractivity contribution in [3.63, 3.8) is 0 Å². The van der Waals surface area contributed by atoms with Crippen molar-refractivity contribution < 1.29 is 14.3 Å². The molecule has 7 nitrogen and oxygen atoms in total. The smallest absolute Gasteiger partial charge is 0.361 e. The zero-order chi connectivity index (χ0) is 15.4. The number of ether oxygens (including phenoxy) is 1. The Morgan fingerprint density at radius 1 is 1.29 bits per heavy atom. The van der Waals surface area contributed by atoms with Crippen LogP contribution < -0.4 is 0 Å². The highest BCUT2D eigenvalue weighted by atomic mass is 16.5. The second-order valence-corrected chi connectivity index (χ2v) is 4.52. The lowest BCUT2D eigenvalue weighted by Crippen LogP contribution is -2.21. The first-order valence-corrected chi connectivity index (χ1v) is 6.44. The Morgan fingerprint density at radius 2 is 2.05 bits per heavy atom. The predicted octanol–water partition coefficient (Wildman–Crippen LogP) is 1.35. The summed E-state index contributed by atoms with van der Waals surface area (Å²) in [4.78, 5) is 25.3. The first kappa shape index (κ1) is 14.7. The van der Waals surface area contributed by atoms with E-state index in [0.29, 0.717) is 16.8 Å². The molecule has 1 aromatic carbocycles. The lowest BCUT2D eigenvalue weighted by molar-refractivity contribution is 0.0520. The molecule has 2 aromatic rings. The van der Waals surface area contributed by atoms with Gasteiger partial charge in [-0.05, 0) is 19.1 Å². The Morgan fingerprint density at radius 3 is 2.71 bits per heavy atom. The molecule has 110 valence electrons. The number of nitrogens with one attached hydrogen (secondary N) is 1. The number of aromatic nitrogens is 3. The first-order chi connectivity index (χ1) is 10.0. The number of nitrogens with zero attached hydrogens (tertiary/aromatic N) is 3. The van der Waals surface area contributed by atoms with Crippen molar-refractivity contribution in [3.8, 4) is 11.3 Å². The number of rotatable bonds is 4. The molecule has 0 saturated heterocycles. The summed E-state index contributed by atoms with van der Waals surface area (Å²) in [6.07, 6.45) is 0. The number of H-pyrrole nitrogens is 1. The van der Waals surface area contributed by atoms with Gasteiger partial charge in [-0.25, -0.2) is 4.79 Å². The van der Waals surface area contributed by atoms with E-state index in [1.165, 1.54) is 4.90 Å². The Bertz CT molecular complexity index is 664. The van der Waals surface area contributed by atoms with Gasteiger partial charge in [0.2, 0.25) is 0 Å². The minimum Gasteiger partial charge on any atom is -0.461 e. The highest BCUT2D eigenvalue weighted by Gasteiger charge is 2.20. The van der Waals surface area contributed by atoms with Gasteiger partial charge in [0.25, 0.3) is 5.91 Å². The maximum atomic E-state index is 12.0. The average molecular weight is 288 g/mol. The van der Waals surface area contributed by atoms with Gasteiger partial charge in [0.1, 0.15) is 5.69 Å². The van der Waals surface area contributed by atoms with Gasteiger partial charge in [-0.1, -0.05) is 12.1 Å². The van der Waals surface area contributed by atoms with Crippen molar-refractivity contribution in [1.82, 2.24) is 20.3 Å². The Balaban J connectivity index is 2.40. The van der Waals surface area contributed by atoms with Crippen molar-refractivity contribution in [3.05, 3.63) is 35.5 Å². The van der Waals surface area contributed by atoms with Crippen molar-refractivity contribution in [1.29, 1.82) is 0 Å². The molecule has 1 heterocycles. The molecule has 21 heavy (non-hydrogen) atoms. The minimum atomic E-state index is -0.550. The van der Waals surface area contributed by atoms with Crippen LogP contribution >= 0.6 is 0 Å². The van der Waals surface area contributed by atoms with Gasteiger partial charge < -0.3 is 9.64 Å². The van der Waals surface area contributed by atoms with Gasteiger partial charge in [-0.2, -0.15) is 10.3 Å². The molecular formula is C14H16N4O3. The number of aromatic amines is 1. The molecule has 1 N–H and O–H groups in total. The number of benzene rings is 1. The molecule has 0 spiro atoms. The van der Waals surface area contributed by atoms with E-state index < -0.39 is 5.97 Å². The van der Waals surface area contributed by atoms with Crippen molar-refractivity contribution >= 4 is 11.9 Å². The van der Waals surface area contributed by atoms with Gasteiger partial charge in [0.15, 0.2) is 5.69 Å². The second kappa shape index (κ2) is 6.17. The van der Waals surface area contributed by atoms with Crippen LogP contribution in [0, 0.1) is 0 Å². The zero-order valence-corrected chi connectivity index (χ0v) is 12.1. The predicted molar refractivity (Wildman–Crippen MR) is 75.8 cm³/mol. The molecule has 7 heteroatoms. The monoisotopic (exact) mass is 288 g/mol. The van der Waals surface area contributed by atoms with Crippen LogP contribution in [0.2, 0.25) is 0 Å². The molecule has 0 bridgehead atoms. The first-order valence-electron chi connectivity index (χ1n) is 6.44. The lowest BCUT2D eigenvalue weighted by atomic mass is 10.1. The molecule has 2 rings (SSSR count). The average Bonchev–Trinajstić information content (AvgIpc) is 2.96. The molecule has 1 amide bonds. The van der Waals surface area contributed by atoms with Crippen LogP contribution in [0.3, 0.4) is 0 Å². The van der Waals surface area contributed by atoms with Crippen molar-refractivity contribution in [2.45, 2.75) is 6.92 Å². The van der Waals surface area contributed by atoms with Gasteiger partial charge >= 0.3 is 5.97 Å². The fourth-order valence-electron chi connectivity index (χ4n) is 1.83. The summed E-state index contributed by atoms with van der Waals surface area (Å²) in [6, 6.07) is 6.86. The van der Waals surface area contributed by atoms with Crippen LogP contribution in [0.4, 0.5) is 0 Å². The van der Waals surface area contributed by atoms with E-state index in [2.05, 4.69) is 15.4 Å². The van der Waals surface area contributed by atoms with Crippen molar-refractivity contribution in [2.24, 2.45) is 0 Å². The molecule has 0 fully saturated rings. The topological polar surface area (TPSA) is 88.2 Å². The van der Waals surface area contributed by atoms with E-state index in [0.717, 1.165) is 0 Å². The van der Waals surface area contributed by atoms with E-state index in [1.807, 2.05) is 0 Å². The van der Waals surface area contributed by atoms with Crippen LogP contribution in [0.1, 0.15) is 27.8 Å². The van der Waals surface area contributed by atoms with E-state index in [-0.39, 0.29) is 18.2 Å². The highest BCUT2D eigenvalue weighted by molar-refractivity contribution is 5.97. The van der Waals surface area contributed by atoms with Crippen molar-refractivity contribution in [2.75, 3.05) is 20.7 Å². The van der Waals surface area contributed by atoms with Gasteiger partial charge in [0, 0.05) is 25.2 Å². The summed E-state index contributed by atoms with van der Waals surface area (Å²) in [7, 11) is 3.35. The largest absolute Gasteiger partial charge is 0.461 e. The summed E-state index contributed by atoms with van der Waals surface area (Å²) in [5.74, 6) is -0.677. The molecular weight excluding hydrogens is 272 g/mol. The van der Waals surface area contributed by atoms with Crippen LogP contribution in [-0.2, 0) is 4.74 Å². The van der Waals surface area contributed by atoms with Crippen LogP contribution in [0.25, 0.3) is 11.3 Å². The summed E-state index contributed by atoms with van der Waals surface area (Å²) in [6.45, 7) is 1.97. The normalized spacial score (nSPS) is 10.2. The summed E-state index contributed by atoms with van der Waals surface area (Å²) in [5, 5.41) is 10.2. The third kappa shape index (κ3) is 3.07. The molecule has 0 aliphatic rings. The van der Waals surface area contributed by atoms with E-state index in [1.54, 1.807) is 45.3 Å². The standard InChI is InChI=1S/C14H16N4O3/c1-4-21-14(20)12-11(15-17-16-12)9-6-5-7-10(8-9)13(19)18(2)3/h5-8H,4H2,1-3H3,(H,15,16,17). The van der Waals surface area contributed by atoms with Crippen LogP contribution in [-0.4, -0.2) is 52.9 Å². The Labute approximate surface area is 121 Å². The molecule has 0 radical (unpaired) electrons. The summed E-state index contributed by atoms with van der Waals surface area (Å²) >= 11 is 0. The molecule has 0 atom stereocenters. The SMILES string of the molecule is CCOC(=O)c1n[nH]nc1-c1cccc(C(=O)N(C)C)c1. The minimum absolute atomic E-state index is 0.103. The number of amides is 1. The number of hydrogen-bond donors (Lipinski definition) is 1. The third-order valence-electron chi connectivity index (χ3n) is 2.81. The summed E-state index contributed by atoms with van der Waals surface area (Å²) in [5.41, 5.74) is 1.60. The number of esters is 1. The highest BCUT2D eigenvalue weighted by Crippen LogP contribution is 2.21. The van der Waals surface area contributed by atoms with Gasteiger partial charge in [0.05, 0.1) is 6.61 Å². The quantitative estimate of drug-likeness (QED) is 0.858. The Hall–Kier alpha value is -2.70. The molecule has 1 aromatic heterocycles. The molecule has 0 aliphatic heterocycles. The Kier molecular flexibility index (Phi) is 4.32. The van der Waals surface area contributed by atoms with Crippen LogP contribution in [0.5, 0.6) is 0 Å². The number of hydrogen-bond acceptors (Lipinski definition) is 5. The fourth-order valence-corrected chi connectivity index (χ4v) is 1.83. The van der Waals surface area contributed by atoms with E-state index in [9.17, 15) is 9.59 Å². The van der Waals surface area contributed by atoms with E-state index in [4.69, 9.17) is 4.74 Å². The summed E-state index contributed by atoms with van der Waals surface area (Å²) < 4.78 is 4.93. The van der Waals surface area contributed by atoms with Gasteiger partial charge in [-0.15, -0.1) is 5.10 Å². The third-order valence-corrected chi connectivity index (χ3v) is 2.81. The molecule has 0 saturated carbocycles. The maximum Gasteiger partial charge on any atom is 0.361 e. The van der Waals surface area contributed by atoms with Crippen LogP contribution in [0.15, 0.2) is 24.3 Å². The molecule has 0 unspecified atom stereocenters. The second-order valence-electron chi connectivity index (χ2n) is 4.52.